The van der Waals surface area contributed by atoms with E-state index in [9.17, 15) is 0 Å². The highest BCUT2D eigenvalue weighted by atomic mass is 28.4. The van der Waals surface area contributed by atoms with Gasteiger partial charge in [0.15, 0.2) is 0 Å². The van der Waals surface area contributed by atoms with E-state index in [1.54, 1.807) is 28.4 Å². The lowest BCUT2D eigenvalue weighted by Crippen LogP contribution is -2.45. The average Bonchev–Trinajstić information content (AvgIpc) is 2.36. The molecule has 0 unspecified atom stereocenters. The predicted molar refractivity (Wildman–Crippen MR) is 68.2 cm³/mol. The summed E-state index contributed by atoms with van der Waals surface area (Å²) in [6.07, 6.45) is 0. The van der Waals surface area contributed by atoms with E-state index < -0.39 is 8.80 Å². The second-order valence-electron chi connectivity index (χ2n) is 3.79. The molecular formula is C12H20O4Si. The topological polar surface area (TPSA) is 36.9 Å². The van der Waals surface area contributed by atoms with Crippen molar-refractivity contribution in [2.45, 2.75) is 13.0 Å². The molecule has 5 heteroatoms. The number of benzene rings is 1. The fourth-order valence-corrected chi connectivity index (χ4v) is 3.42. The van der Waals surface area contributed by atoms with E-state index in [1.807, 2.05) is 19.1 Å². The van der Waals surface area contributed by atoms with Crippen LogP contribution in [0.3, 0.4) is 0 Å². The van der Waals surface area contributed by atoms with Gasteiger partial charge in [0.25, 0.3) is 0 Å². The summed E-state index contributed by atoms with van der Waals surface area (Å²) >= 11 is 0. The van der Waals surface area contributed by atoms with Gasteiger partial charge in [-0.15, -0.1) is 0 Å². The smallest absolute Gasteiger partial charge is 0.496 e. The summed E-state index contributed by atoms with van der Waals surface area (Å²) in [4.78, 5) is 0. The number of ether oxygens (including phenoxy) is 1. The number of hydrogen-bond donors (Lipinski definition) is 0. The van der Waals surface area contributed by atoms with E-state index in [0.29, 0.717) is 6.04 Å². The molecule has 1 rings (SSSR count). The Morgan fingerprint density at radius 1 is 1.00 bits per heavy atom. The van der Waals surface area contributed by atoms with Crippen molar-refractivity contribution in [1.29, 1.82) is 0 Å². The maximum absolute atomic E-state index is 5.42. The lowest BCUT2D eigenvalue weighted by atomic mass is 10.1. The second kappa shape index (κ2) is 6.16. The summed E-state index contributed by atoms with van der Waals surface area (Å²) < 4.78 is 21.6. The van der Waals surface area contributed by atoms with Gasteiger partial charge >= 0.3 is 8.80 Å². The van der Waals surface area contributed by atoms with Gasteiger partial charge in [0, 0.05) is 27.4 Å². The lowest BCUT2D eigenvalue weighted by molar-refractivity contribution is 0.122. The normalized spacial score (nSPS) is 11.6. The van der Waals surface area contributed by atoms with Crippen LogP contribution in [0.1, 0.15) is 11.1 Å². The zero-order valence-corrected chi connectivity index (χ0v) is 12.1. The molecule has 0 amide bonds. The third-order valence-electron chi connectivity index (χ3n) is 2.78. The van der Waals surface area contributed by atoms with Gasteiger partial charge in [0.1, 0.15) is 5.75 Å². The highest BCUT2D eigenvalue weighted by molar-refractivity contribution is 6.60. The molecule has 0 N–H and O–H groups in total. The monoisotopic (exact) mass is 256 g/mol. The van der Waals surface area contributed by atoms with Crippen LogP contribution in [-0.2, 0) is 19.3 Å². The van der Waals surface area contributed by atoms with E-state index in [2.05, 4.69) is 6.07 Å². The summed E-state index contributed by atoms with van der Waals surface area (Å²) in [7, 11) is 3.89. The minimum atomic E-state index is -2.61. The Balaban J connectivity index is 3.03. The fourth-order valence-electron chi connectivity index (χ4n) is 1.75. The van der Waals surface area contributed by atoms with Crippen molar-refractivity contribution < 1.29 is 18.0 Å². The molecule has 0 saturated heterocycles. The third-order valence-corrected chi connectivity index (χ3v) is 5.46. The zero-order valence-electron chi connectivity index (χ0n) is 11.1. The summed E-state index contributed by atoms with van der Waals surface area (Å²) in [5.41, 5.74) is 2.22. The predicted octanol–water partition coefficient (Wildman–Crippen LogP) is 1.96. The van der Waals surface area contributed by atoms with Crippen molar-refractivity contribution in [2.75, 3.05) is 28.4 Å². The maximum Gasteiger partial charge on any atom is 0.504 e. The van der Waals surface area contributed by atoms with Gasteiger partial charge in [0.2, 0.25) is 0 Å². The van der Waals surface area contributed by atoms with Crippen LogP contribution in [0.5, 0.6) is 5.75 Å². The van der Waals surface area contributed by atoms with Crippen molar-refractivity contribution in [3.8, 4) is 5.75 Å². The molecule has 0 heterocycles. The largest absolute Gasteiger partial charge is 0.504 e. The first-order chi connectivity index (χ1) is 8.10. The number of methoxy groups -OCH3 is 1. The van der Waals surface area contributed by atoms with E-state index in [1.165, 1.54) is 5.56 Å². The molecule has 0 bridgehead atoms. The van der Waals surface area contributed by atoms with Crippen LogP contribution < -0.4 is 4.74 Å². The highest BCUT2D eigenvalue weighted by Crippen LogP contribution is 2.24. The van der Waals surface area contributed by atoms with Crippen LogP contribution in [0, 0.1) is 6.92 Å². The molecule has 17 heavy (non-hydrogen) atoms. The average molecular weight is 256 g/mol. The Morgan fingerprint density at radius 3 is 2.06 bits per heavy atom. The van der Waals surface area contributed by atoms with Crippen molar-refractivity contribution in [1.82, 2.24) is 0 Å². The summed E-state index contributed by atoms with van der Waals surface area (Å²) in [6, 6.07) is 6.63. The minimum absolute atomic E-state index is 0.599. The number of hydrogen-bond acceptors (Lipinski definition) is 4. The van der Waals surface area contributed by atoms with Gasteiger partial charge in [0.05, 0.1) is 7.11 Å². The first-order valence-electron chi connectivity index (χ1n) is 5.39. The van der Waals surface area contributed by atoms with E-state index in [4.69, 9.17) is 18.0 Å². The Kier molecular flexibility index (Phi) is 5.14. The summed E-state index contributed by atoms with van der Waals surface area (Å²) in [5, 5.41) is 0. The SMILES string of the molecule is COc1ccc(C)cc1C[Si](OC)(OC)OC. The Morgan fingerprint density at radius 2 is 1.59 bits per heavy atom. The molecule has 0 atom stereocenters. The zero-order chi connectivity index (χ0) is 12.9. The Hall–Kier alpha value is -0.883. The second-order valence-corrected chi connectivity index (χ2v) is 6.73. The van der Waals surface area contributed by atoms with Crippen LogP contribution in [0.4, 0.5) is 0 Å². The molecule has 1 aromatic rings. The molecule has 0 aromatic heterocycles. The first-order valence-corrected chi connectivity index (χ1v) is 7.33. The molecule has 1 aromatic carbocycles. The molecule has 0 spiro atoms. The Bertz CT molecular complexity index is 355. The van der Waals surface area contributed by atoms with Crippen molar-refractivity contribution in [3.05, 3.63) is 29.3 Å². The molecular weight excluding hydrogens is 236 g/mol. The molecule has 4 nitrogen and oxygen atoms in total. The standard InChI is InChI=1S/C12H20O4Si/c1-10-6-7-12(13-2)11(8-10)9-17(14-3,15-4)16-5/h6-8H,9H2,1-5H3. The number of rotatable bonds is 6. The molecule has 0 aliphatic carbocycles. The van der Waals surface area contributed by atoms with E-state index >= 15 is 0 Å². The van der Waals surface area contributed by atoms with Crippen LogP contribution in [0.15, 0.2) is 18.2 Å². The molecule has 0 aliphatic rings. The number of aryl methyl sites for hydroxylation is 1. The van der Waals surface area contributed by atoms with Crippen LogP contribution in [0.2, 0.25) is 0 Å². The third kappa shape index (κ3) is 3.29. The van der Waals surface area contributed by atoms with Crippen molar-refractivity contribution in [3.63, 3.8) is 0 Å². The highest BCUT2D eigenvalue weighted by Gasteiger charge is 2.38. The first kappa shape index (κ1) is 14.2. The minimum Gasteiger partial charge on any atom is -0.496 e. The van der Waals surface area contributed by atoms with Crippen LogP contribution >= 0.6 is 0 Å². The van der Waals surface area contributed by atoms with Gasteiger partial charge in [-0.3, -0.25) is 0 Å². The molecule has 0 fully saturated rings. The fraction of sp³-hybridized carbons (Fsp3) is 0.500. The van der Waals surface area contributed by atoms with Gasteiger partial charge in [-0.05, 0) is 18.6 Å². The summed E-state index contributed by atoms with van der Waals surface area (Å²) in [6.45, 7) is 2.04. The van der Waals surface area contributed by atoms with Gasteiger partial charge in [-0.1, -0.05) is 17.7 Å². The van der Waals surface area contributed by atoms with E-state index in [0.717, 1.165) is 11.3 Å². The van der Waals surface area contributed by atoms with Gasteiger partial charge < -0.3 is 18.0 Å². The van der Waals surface area contributed by atoms with Crippen molar-refractivity contribution >= 4 is 8.80 Å². The molecule has 0 saturated carbocycles. The van der Waals surface area contributed by atoms with Crippen LogP contribution in [-0.4, -0.2) is 37.2 Å². The quantitative estimate of drug-likeness (QED) is 0.729. The lowest BCUT2D eigenvalue weighted by Gasteiger charge is -2.25. The van der Waals surface area contributed by atoms with Crippen molar-refractivity contribution in [2.24, 2.45) is 0 Å². The van der Waals surface area contributed by atoms with Gasteiger partial charge in [-0.2, -0.15) is 0 Å². The maximum atomic E-state index is 5.42. The Labute approximate surface area is 104 Å². The van der Waals surface area contributed by atoms with Crippen LogP contribution in [0.25, 0.3) is 0 Å². The molecule has 0 aliphatic heterocycles. The van der Waals surface area contributed by atoms with Gasteiger partial charge in [-0.25, -0.2) is 0 Å². The summed E-state index contributed by atoms with van der Waals surface area (Å²) in [5.74, 6) is 0.832. The molecule has 96 valence electrons. The van der Waals surface area contributed by atoms with E-state index in [-0.39, 0.29) is 0 Å². The molecule has 0 radical (unpaired) electrons.